The van der Waals surface area contributed by atoms with Crippen LogP contribution in [0.4, 0.5) is 0 Å². The molecule has 1 fully saturated rings. The summed E-state index contributed by atoms with van der Waals surface area (Å²) in [4.78, 5) is 14.4. The maximum Gasteiger partial charge on any atom is 0.260 e. The van der Waals surface area contributed by atoms with E-state index >= 15 is 0 Å². The quantitative estimate of drug-likeness (QED) is 0.679. The third-order valence-corrected chi connectivity index (χ3v) is 6.80. The Hall–Kier alpha value is -2.34. The molecule has 0 aliphatic carbocycles. The van der Waals surface area contributed by atoms with Gasteiger partial charge in [0.05, 0.1) is 11.5 Å². The number of carbonyl (C=O) groups excluding carboxylic acids is 1. The van der Waals surface area contributed by atoms with E-state index in [0.29, 0.717) is 18.7 Å². The normalized spacial score (nSPS) is 18.0. The van der Waals surface area contributed by atoms with Crippen molar-refractivity contribution in [2.45, 2.75) is 32.2 Å². The van der Waals surface area contributed by atoms with Crippen molar-refractivity contribution in [1.82, 2.24) is 4.90 Å². The number of ether oxygens (including phenoxy) is 1. The molecule has 3 rings (SSSR count). The van der Waals surface area contributed by atoms with Crippen LogP contribution < -0.4 is 4.74 Å². The van der Waals surface area contributed by atoms with Gasteiger partial charge in [0, 0.05) is 12.6 Å². The topological polar surface area (TPSA) is 63.7 Å². The SMILES string of the molecule is CCCCN(C(=O)COc1ccc(-c2ccccc2)cc1)[C@@H]1CCS(=O)(=O)C1. The molecule has 1 saturated heterocycles. The zero-order valence-corrected chi connectivity index (χ0v) is 17.0. The molecular formula is C22H27NO4S. The molecule has 28 heavy (non-hydrogen) atoms. The first-order chi connectivity index (χ1) is 13.5. The van der Waals surface area contributed by atoms with Gasteiger partial charge in [-0.2, -0.15) is 0 Å². The van der Waals surface area contributed by atoms with Gasteiger partial charge in [0.15, 0.2) is 16.4 Å². The molecule has 6 heteroatoms. The van der Waals surface area contributed by atoms with Crippen molar-refractivity contribution < 1.29 is 17.9 Å². The zero-order chi connectivity index (χ0) is 20.0. The largest absolute Gasteiger partial charge is 0.484 e. The standard InChI is InChI=1S/C22H27NO4S/c1-2-3-14-23(20-13-15-28(25,26)17-20)22(24)16-27-21-11-9-19(10-12-21)18-7-5-4-6-8-18/h4-12,20H,2-3,13-17H2,1H3/t20-/m1/s1. The smallest absolute Gasteiger partial charge is 0.260 e. The second-order valence-electron chi connectivity index (χ2n) is 7.18. The fraction of sp³-hybridized carbons (Fsp3) is 0.409. The molecule has 0 radical (unpaired) electrons. The maximum absolute atomic E-state index is 12.7. The molecular weight excluding hydrogens is 374 g/mol. The Balaban J connectivity index is 1.60. The number of hydrogen-bond donors (Lipinski definition) is 0. The summed E-state index contributed by atoms with van der Waals surface area (Å²) < 4.78 is 29.3. The Bertz CT molecular complexity index is 879. The van der Waals surface area contributed by atoms with E-state index in [2.05, 4.69) is 6.92 Å². The van der Waals surface area contributed by atoms with Crippen molar-refractivity contribution in [3.05, 3.63) is 54.6 Å². The zero-order valence-electron chi connectivity index (χ0n) is 16.2. The van der Waals surface area contributed by atoms with Crippen molar-refractivity contribution in [3.8, 4) is 16.9 Å². The Morgan fingerprint density at radius 2 is 1.75 bits per heavy atom. The van der Waals surface area contributed by atoms with Crippen LogP contribution in [0.2, 0.25) is 0 Å². The van der Waals surface area contributed by atoms with E-state index in [-0.39, 0.29) is 30.1 Å². The molecule has 1 amide bonds. The highest BCUT2D eigenvalue weighted by atomic mass is 32.2. The second kappa shape index (κ2) is 9.24. The highest BCUT2D eigenvalue weighted by Gasteiger charge is 2.34. The molecule has 5 nitrogen and oxygen atoms in total. The lowest BCUT2D eigenvalue weighted by molar-refractivity contribution is -0.135. The minimum Gasteiger partial charge on any atom is -0.484 e. The van der Waals surface area contributed by atoms with Crippen LogP contribution in [-0.2, 0) is 14.6 Å². The van der Waals surface area contributed by atoms with E-state index < -0.39 is 9.84 Å². The highest BCUT2D eigenvalue weighted by Crippen LogP contribution is 2.23. The van der Waals surface area contributed by atoms with E-state index in [0.717, 1.165) is 24.0 Å². The van der Waals surface area contributed by atoms with Crippen LogP contribution in [0.25, 0.3) is 11.1 Å². The van der Waals surface area contributed by atoms with Gasteiger partial charge in [-0.15, -0.1) is 0 Å². The lowest BCUT2D eigenvalue weighted by Crippen LogP contribution is -2.44. The number of rotatable bonds is 8. The highest BCUT2D eigenvalue weighted by molar-refractivity contribution is 7.91. The van der Waals surface area contributed by atoms with Gasteiger partial charge >= 0.3 is 0 Å². The van der Waals surface area contributed by atoms with Crippen LogP contribution in [0.1, 0.15) is 26.2 Å². The molecule has 1 atom stereocenters. The molecule has 150 valence electrons. The van der Waals surface area contributed by atoms with Gasteiger partial charge in [-0.1, -0.05) is 55.8 Å². The van der Waals surface area contributed by atoms with Gasteiger partial charge in [0.2, 0.25) is 0 Å². The Kier molecular flexibility index (Phi) is 6.73. The fourth-order valence-electron chi connectivity index (χ4n) is 3.46. The Morgan fingerprint density at radius 3 is 2.36 bits per heavy atom. The molecule has 0 unspecified atom stereocenters. The molecule has 0 bridgehead atoms. The number of benzene rings is 2. The molecule has 1 aliphatic rings. The summed E-state index contributed by atoms with van der Waals surface area (Å²) in [5, 5.41) is 0. The van der Waals surface area contributed by atoms with E-state index in [1.807, 2.05) is 54.6 Å². The van der Waals surface area contributed by atoms with Crippen LogP contribution in [-0.4, -0.2) is 49.9 Å². The van der Waals surface area contributed by atoms with Crippen molar-refractivity contribution in [2.24, 2.45) is 0 Å². The summed E-state index contributed by atoms with van der Waals surface area (Å²) >= 11 is 0. The van der Waals surface area contributed by atoms with Gasteiger partial charge in [0.1, 0.15) is 5.75 Å². The van der Waals surface area contributed by atoms with Crippen molar-refractivity contribution in [2.75, 3.05) is 24.7 Å². The fourth-order valence-corrected chi connectivity index (χ4v) is 5.19. The van der Waals surface area contributed by atoms with Gasteiger partial charge in [-0.25, -0.2) is 8.42 Å². The first kappa shape index (κ1) is 20.4. The molecule has 1 heterocycles. The van der Waals surface area contributed by atoms with E-state index in [1.54, 1.807) is 4.90 Å². The first-order valence-electron chi connectivity index (χ1n) is 9.76. The van der Waals surface area contributed by atoms with Crippen molar-refractivity contribution >= 4 is 15.7 Å². The van der Waals surface area contributed by atoms with Gasteiger partial charge in [0.25, 0.3) is 5.91 Å². The van der Waals surface area contributed by atoms with Crippen LogP contribution in [0.15, 0.2) is 54.6 Å². The molecule has 1 aliphatic heterocycles. The summed E-state index contributed by atoms with van der Waals surface area (Å²) in [5.74, 6) is 0.703. The van der Waals surface area contributed by atoms with Crippen molar-refractivity contribution in [3.63, 3.8) is 0 Å². The van der Waals surface area contributed by atoms with Crippen LogP contribution in [0.3, 0.4) is 0 Å². The van der Waals surface area contributed by atoms with Gasteiger partial charge in [-0.05, 0) is 36.1 Å². The number of nitrogens with zero attached hydrogens (tertiary/aromatic N) is 1. The molecule has 0 saturated carbocycles. The maximum atomic E-state index is 12.7. The Labute approximate surface area is 167 Å². The van der Waals surface area contributed by atoms with Crippen LogP contribution in [0.5, 0.6) is 5.75 Å². The molecule has 0 spiro atoms. The number of amides is 1. The summed E-state index contributed by atoms with van der Waals surface area (Å²) in [5.41, 5.74) is 2.21. The minimum atomic E-state index is -3.03. The van der Waals surface area contributed by atoms with Crippen LogP contribution >= 0.6 is 0 Å². The lowest BCUT2D eigenvalue weighted by atomic mass is 10.1. The molecule has 2 aromatic rings. The van der Waals surface area contributed by atoms with Crippen LogP contribution in [0, 0.1) is 0 Å². The average molecular weight is 402 g/mol. The first-order valence-corrected chi connectivity index (χ1v) is 11.6. The third-order valence-electron chi connectivity index (χ3n) is 5.05. The van der Waals surface area contributed by atoms with E-state index in [4.69, 9.17) is 4.74 Å². The number of carbonyl (C=O) groups is 1. The monoisotopic (exact) mass is 401 g/mol. The summed E-state index contributed by atoms with van der Waals surface area (Å²) in [7, 11) is -3.03. The average Bonchev–Trinajstić information content (AvgIpc) is 3.07. The minimum absolute atomic E-state index is 0.0637. The predicted octanol–water partition coefficient (Wildman–Crippen LogP) is 3.55. The summed E-state index contributed by atoms with van der Waals surface area (Å²) in [6, 6.07) is 17.5. The number of hydrogen-bond acceptors (Lipinski definition) is 4. The summed E-state index contributed by atoms with van der Waals surface area (Å²) in [6.07, 6.45) is 2.32. The molecule has 0 N–H and O–H groups in total. The van der Waals surface area contributed by atoms with Crippen molar-refractivity contribution in [1.29, 1.82) is 0 Å². The van der Waals surface area contributed by atoms with E-state index in [1.165, 1.54) is 0 Å². The predicted molar refractivity (Wildman–Crippen MR) is 111 cm³/mol. The lowest BCUT2D eigenvalue weighted by Gasteiger charge is -2.28. The van der Waals surface area contributed by atoms with E-state index in [9.17, 15) is 13.2 Å². The second-order valence-corrected chi connectivity index (χ2v) is 9.41. The molecule has 2 aromatic carbocycles. The number of unbranched alkanes of at least 4 members (excludes halogenated alkanes) is 1. The summed E-state index contributed by atoms with van der Waals surface area (Å²) in [6.45, 7) is 2.55. The third kappa shape index (κ3) is 5.35. The van der Waals surface area contributed by atoms with Gasteiger partial charge < -0.3 is 9.64 Å². The number of sulfone groups is 1. The van der Waals surface area contributed by atoms with Gasteiger partial charge in [-0.3, -0.25) is 4.79 Å². The molecule has 0 aromatic heterocycles. The Morgan fingerprint density at radius 1 is 1.07 bits per heavy atom.